The fourth-order valence-corrected chi connectivity index (χ4v) is 4.75. The summed E-state index contributed by atoms with van der Waals surface area (Å²) < 4.78 is 0. The first-order chi connectivity index (χ1) is 13.3. The molecule has 0 heterocycles. The topological polar surface area (TPSA) is 0 Å². The first-order valence-corrected chi connectivity index (χ1v) is 10.3. The normalized spacial score (nSPS) is 18.3. The molecule has 2 aliphatic carbocycles. The molecular weight excluding hydrogens is 324 g/mol. The van der Waals surface area contributed by atoms with Crippen molar-refractivity contribution in [3.8, 4) is 11.1 Å². The van der Waals surface area contributed by atoms with Crippen molar-refractivity contribution in [1.29, 1.82) is 0 Å². The predicted octanol–water partition coefficient (Wildman–Crippen LogP) is 5.90. The zero-order valence-electron chi connectivity index (χ0n) is 16.0. The van der Waals surface area contributed by atoms with Gasteiger partial charge in [-0.15, -0.1) is 0 Å². The Bertz CT molecular complexity index is 1150. The molecule has 0 nitrogen and oxygen atoms in total. The van der Waals surface area contributed by atoms with Crippen LogP contribution in [0.3, 0.4) is 0 Å². The van der Waals surface area contributed by atoms with Crippen molar-refractivity contribution in [3.63, 3.8) is 0 Å². The third-order valence-electron chi connectivity index (χ3n) is 6.27. The minimum atomic E-state index is 0.764. The van der Waals surface area contributed by atoms with E-state index in [4.69, 9.17) is 0 Å². The lowest BCUT2D eigenvalue weighted by Gasteiger charge is -2.18. The summed E-state index contributed by atoms with van der Waals surface area (Å²) in [5.41, 5.74) is 5.45. The van der Waals surface area contributed by atoms with Crippen molar-refractivity contribution < 1.29 is 0 Å². The smallest absolute Gasteiger partial charge is 0.00967 e. The van der Waals surface area contributed by atoms with Crippen LogP contribution in [0, 0.1) is 12.8 Å². The molecule has 0 radical (unpaired) electrons. The van der Waals surface area contributed by atoms with Crippen molar-refractivity contribution in [2.45, 2.75) is 39.0 Å². The maximum atomic E-state index is 2.53. The van der Waals surface area contributed by atoms with Crippen molar-refractivity contribution in [2.24, 2.45) is 5.92 Å². The zero-order chi connectivity index (χ0) is 18.2. The van der Waals surface area contributed by atoms with Gasteiger partial charge < -0.3 is 0 Å². The zero-order valence-corrected chi connectivity index (χ0v) is 16.0. The molecule has 134 valence electrons. The van der Waals surface area contributed by atoms with Gasteiger partial charge in [-0.25, -0.2) is 0 Å². The summed E-state index contributed by atoms with van der Waals surface area (Å²) in [6.45, 7) is 2.23. The Morgan fingerprint density at radius 1 is 0.778 bits per heavy atom. The molecule has 1 saturated carbocycles. The fourth-order valence-electron chi connectivity index (χ4n) is 4.75. The van der Waals surface area contributed by atoms with Gasteiger partial charge in [0, 0.05) is 0 Å². The van der Waals surface area contributed by atoms with Gasteiger partial charge in [-0.1, -0.05) is 73.9 Å². The van der Waals surface area contributed by atoms with Gasteiger partial charge >= 0.3 is 0 Å². The highest BCUT2D eigenvalue weighted by Crippen LogP contribution is 2.27. The molecule has 0 saturated heterocycles. The van der Waals surface area contributed by atoms with Gasteiger partial charge in [-0.3, -0.25) is 0 Å². The molecule has 0 unspecified atom stereocenters. The van der Waals surface area contributed by atoms with Crippen LogP contribution < -0.4 is 10.4 Å². The largest absolute Gasteiger partial charge is 0.0741 e. The minimum Gasteiger partial charge on any atom is -0.0741 e. The Morgan fingerprint density at radius 2 is 1.56 bits per heavy atom. The molecule has 2 aliphatic rings. The molecule has 1 fully saturated rings. The van der Waals surface area contributed by atoms with Gasteiger partial charge in [-0.2, -0.15) is 0 Å². The van der Waals surface area contributed by atoms with Crippen LogP contribution in [-0.4, -0.2) is 0 Å². The molecule has 0 amide bonds. The lowest BCUT2D eigenvalue weighted by atomic mass is 9.88. The Morgan fingerprint density at radius 3 is 2.41 bits per heavy atom. The summed E-state index contributed by atoms with van der Waals surface area (Å²) in [7, 11) is 0. The van der Waals surface area contributed by atoms with Gasteiger partial charge in [-0.05, 0) is 87.4 Å². The van der Waals surface area contributed by atoms with Crippen molar-refractivity contribution in [2.75, 3.05) is 0 Å². The Hall–Kier alpha value is -2.60. The van der Waals surface area contributed by atoms with E-state index in [-0.39, 0.29) is 0 Å². The predicted molar refractivity (Wildman–Crippen MR) is 117 cm³/mol. The molecular formula is C27H26. The van der Waals surface area contributed by atoms with Crippen molar-refractivity contribution in [1.82, 2.24) is 0 Å². The average molecular weight is 351 g/mol. The maximum Gasteiger partial charge on any atom is -0.00967 e. The van der Waals surface area contributed by atoms with Gasteiger partial charge in [0.1, 0.15) is 0 Å². The number of hydrogen-bond acceptors (Lipinski definition) is 0. The summed E-state index contributed by atoms with van der Waals surface area (Å²) in [6, 6.07) is 20.0. The van der Waals surface area contributed by atoms with Crippen LogP contribution in [-0.2, 0) is 0 Å². The van der Waals surface area contributed by atoms with E-state index in [0.717, 1.165) is 5.92 Å². The van der Waals surface area contributed by atoms with E-state index < -0.39 is 0 Å². The van der Waals surface area contributed by atoms with Crippen LogP contribution in [0.2, 0.25) is 0 Å². The molecule has 5 rings (SSSR count). The standard InChI is InChI=1S/C27H26/c1-19-11-14-25(24-13-12-22-9-5-6-10-23(22)18-24)27-17-21(16-26(19)27)15-20-7-3-2-4-8-20/h5-6,9-18,20H,2-4,7-8H2,1H3. The summed E-state index contributed by atoms with van der Waals surface area (Å²) in [5, 5.41) is 5.41. The monoisotopic (exact) mass is 350 g/mol. The Balaban J connectivity index is 1.63. The second-order valence-electron chi connectivity index (χ2n) is 8.17. The maximum absolute atomic E-state index is 2.53. The van der Waals surface area contributed by atoms with Gasteiger partial charge in [0.05, 0.1) is 0 Å². The molecule has 0 bridgehead atoms. The van der Waals surface area contributed by atoms with Crippen LogP contribution in [0.4, 0.5) is 0 Å². The highest BCUT2D eigenvalue weighted by Gasteiger charge is 2.13. The molecule has 0 heteroatoms. The molecule has 0 aromatic heterocycles. The first-order valence-electron chi connectivity index (χ1n) is 10.3. The first kappa shape index (κ1) is 16.6. The van der Waals surface area contributed by atoms with E-state index in [1.165, 1.54) is 75.6 Å². The van der Waals surface area contributed by atoms with Crippen LogP contribution in [0.25, 0.3) is 34.1 Å². The van der Waals surface area contributed by atoms with Crippen molar-refractivity contribution >= 4 is 22.9 Å². The number of benzene rings is 3. The molecule has 3 aromatic carbocycles. The number of rotatable bonds is 2. The number of allylic oxidation sites excluding steroid dienone is 2. The molecule has 27 heavy (non-hydrogen) atoms. The van der Waals surface area contributed by atoms with Crippen LogP contribution >= 0.6 is 0 Å². The van der Waals surface area contributed by atoms with Gasteiger partial charge in [0.2, 0.25) is 0 Å². The van der Waals surface area contributed by atoms with Gasteiger partial charge in [0.25, 0.3) is 0 Å². The third-order valence-corrected chi connectivity index (χ3v) is 6.27. The highest BCUT2D eigenvalue weighted by molar-refractivity contribution is 5.88. The van der Waals surface area contributed by atoms with Crippen LogP contribution in [0.5, 0.6) is 0 Å². The van der Waals surface area contributed by atoms with E-state index in [0.29, 0.717) is 0 Å². The molecule has 0 aliphatic heterocycles. The number of hydrogen-bond donors (Lipinski definition) is 0. The van der Waals surface area contributed by atoms with Gasteiger partial charge in [0.15, 0.2) is 0 Å². The van der Waals surface area contributed by atoms with E-state index >= 15 is 0 Å². The number of aryl methyl sites for hydroxylation is 1. The summed E-state index contributed by atoms with van der Waals surface area (Å²) >= 11 is 0. The fraction of sp³-hybridized carbons (Fsp3) is 0.259. The molecule has 3 aromatic rings. The van der Waals surface area contributed by atoms with Crippen molar-refractivity contribution in [3.05, 3.63) is 82.2 Å². The van der Waals surface area contributed by atoms with Crippen LogP contribution in [0.1, 0.15) is 37.7 Å². The molecule has 0 atom stereocenters. The summed E-state index contributed by atoms with van der Waals surface area (Å²) in [6.07, 6.45) is 14.3. The van der Waals surface area contributed by atoms with E-state index in [1.807, 2.05) is 0 Å². The van der Waals surface area contributed by atoms with E-state index in [2.05, 4.69) is 79.7 Å². The quantitative estimate of drug-likeness (QED) is 0.540. The van der Waals surface area contributed by atoms with E-state index in [1.54, 1.807) is 0 Å². The SMILES string of the molecule is Cc1ccc(-c2ccc3ccccc3c2)c2c1=CC(=CC1CCCCC1)C=2. The summed E-state index contributed by atoms with van der Waals surface area (Å²) in [4.78, 5) is 0. The Kier molecular flexibility index (Phi) is 4.20. The third kappa shape index (κ3) is 3.14. The Labute approximate surface area is 161 Å². The average Bonchev–Trinajstić information content (AvgIpc) is 3.13. The molecule has 0 N–H and O–H groups in total. The highest BCUT2D eigenvalue weighted by atomic mass is 14.2. The van der Waals surface area contributed by atoms with Crippen LogP contribution in [0.15, 0.2) is 66.2 Å². The second kappa shape index (κ2) is 6.85. The van der Waals surface area contributed by atoms with E-state index in [9.17, 15) is 0 Å². The lowest BCUT2D eigenvalue weighted by molar-refractivity contribution is 0.419. The second-order valence-corrected chi connectivity index (χ2v) is 8.17. The lowest BCUT2D eigenvalue weighted by Crippen LogP contribution is -2.26. The summed E-state index contributed by atoms with van der Waals surface area (Å²) in [5.74, 6) is 0.764. The minimum absolute atomic E-state index is 0.764. The number of fused-ring (bicyclic) bond motifs is 2. The molecule has 0 spiro atoms.